The molecular weight excluding hydrogens is 304 g/mol. The molecule has 0 radical (unpaired) electrons. The lowest BCUT2D eigenvalue weighted by Gasteiger charge is -2.28. The molecule has 1 amide bonds. The molecule has 0 unspecified atom stereocenters. The number of para-hydroxylation sites is 1. The SMILES string of the molecule is O=C(Cn1cnc2ccccc2c1=O)N1CCc2ncccc2C1. The van der Waals surface area contributed by atoms with E-state index in [1.807, 2.05) is 18.2 Å². The van der Waals surface area contributed by atoms with Crippen LogP contribution >= 0.6 is 0 Å². The number of hydrogen-bond acceptors (Lipinski definition) is 4. The molecule has 0 fully saturated rings. The van der Waals surface area contributed by atoms with Crippen LogP contribution in [0, 0.1) is 0 Å². The largest absolute Gasteiger partial charge is 0.336 e. The van der Waals surface area contributed by atoms with Crippen molar-refractivity contribution >= 4 is 16.8 Å². The van der Waals surface area contributed by atoms with Crippen LogP contribution in [0.1, 0.15) is 11.3 Å². The van der Waals surface area contributed by atoms with Crippen LogP contribution < -0.4 is 5.56 Å². The summed E-state index contributed by atoms with van der Waals surface area (Å²) in [5, 5.41) is 0.529. The van der Waals surface area contributed by atoms with E-state index in [1.54, 1.807) is 29.3 Å². The number of nitrogens with zero attached hydrogens (tertiary/aromatic N) is 4. The van der Waals surface area contributed by atoms with Crippen LogP contribution in [0.5, 0.6) is 0 Å². The van der Waals surface area contributed by atoms with Crippen molar-refractivity contribution in [2.75, 3.05) is 6.54 Å². The Kier molecular flexibility index (Phi) is 3.57. The van der Waals surface area contributed by atoms with Gasteiger partial charge in [-0.05, 0) is 23.8 Å². The summed E-state index contributed by atoms with van der Waals surface area (Å²) in [6.45, 7) is 1.17. The number of amides is 1. The summed E-state index contributed by atoms with van der Waals surface area (Å²) >= 11 is 0. The standard InChI is InChI=1S/C18H16N4O2/c23-17(21-9-7-15-13(10-21)4-3-8-19-15)11-22-12-20-16-6-2-1-5-14(16)18(22)24/h1-6,8,12H,7,9-11H2. The Bertz CT molecular complexity index is 980. The highest BCUT2D eigenvalue weighted by molar-refractivity contribution is 5.79. The summed E-state index contributed by atoms with van der Waals surface area (Å²) < 4.78 is 1.38. The second-order valence-corrected chi connectivity index (χ2v) is 5.87. The van der Waals surface area contributed by atoms with Gasteiger partial charge in [0.2, 0.25) is 5.91 Å². The number of carbonyl (C=O) groups is 1. The van der Waals surface area contributed by atoms with Gasteiger partial charge in [0, 0.05) is 31.4 Å². The first-order valence-corrected chi connectivity index (χ1v) is 7.87. The van der Waals surface area contributed by atoms with Crippen LogP contribution in [0.25, 0.3) is 10.9 Å². The Morgan fingerprint density at radius 3 is 2.92 bits per heavy atom. The van der Waals surface area contributed by atoms with Gasteiger partial charge in [-0.25, -0.2) is 4.98 Å². The number of fused-ring (bicyclic) bond motifs is 2. The van der Waals surface area contributed by atoms with E-state index in [9.17, 15) is 9.59 Å². The molecule has 1 aliphatic heterocycles. The zero-order chi connectivity index (χ0) is 16.5. The topological polar surface area (TPSA) is 68.1 Å². The van der Waals surface area contributed by atoms with Gasteiger partial charge in [-0.3, -0.25) is 19.1 Å². The third-order valence-electron chi connectivity index (χ3n) is 4.35. The monoisotopic (exact) mass is 320 g/mol. The van der Waals surface area contributed by atoms with Gasteiger partial charge in [0.05, 0.1) is 17.2 Å². The number of carbonyl (C=O) groups excluding carboxylic acids is 1. The van der Waals surface area contributed by atoms with E-state index in [2.05, 4.69) is 9.97 Å². The quantitative estimate of drug-likeness (QED) is 0.715. The summed E-state index contributed by atoms with van der Waals surface area (Å²) in [5.41, 5.74) is 2.57. The zero-order valence-corrected chi connectivity index (χ0v) is 13.1. The summed E-state index contributed by atoms with van der Waals surface area (Å²) in [6.07, 6.45) is 3.96. The lowest BCUT2D eigenvalue weighted by atomic mass is 10.1. The molecular formula is C18H16N4O2. The minimum atomic E-state index is -0.187. The molecule has 0 bridgehead atoms. The van der Waals surface area contributed by atoms with Gasteiger partial charge >= 0.3 is 0 Å². The summed E-state index contributed by atoms with van der Waals surface area (Å²) in [4.78, 5) is 35.4. The molecule has 6 nitrogen and oxygen atoms in total. The highest BCUT2D eigenvalue weighted by Gasteiger charge is 2.21. The van der Waals surface area contributed by atoms with Crippen LogP contribution in [0.2, 0.25) is 0 Å². The van der Waals surface area contributed by atoms with Crippen molar-refractivity contribution in [2.24, 2.45) is 0 Å². The van der Waals surface area contributed by atoms with Gasteiger partial charge in [0.25, 0.3) is 5.56 Å². The van der Waals surface area contributed by atoms with Crippen molar-refractivity contribution < 1.29 is 4.79 Å². The molecule has 1 aliphatic rings. The fourth-order valence-electron chi connectivity index (χ4n) is 3.04. The normalized spacial score (nSPS) is 13.8. The number of benzene rings is 1. The van der Waals surface area contributed by atoms with Gasteiger partial charge in [-0.1, -0.05) is 18.2 Å². The lowest BCUT2D eigenvalue weighted by molar-refractivity contribution is -0.132. The second kappa shape index (κ2) is 5.88. The Balaban J connectivity index is 1.57. The van der Waals surface area contributed by atoms with Gasteiger partial charge in [0.15, 0.2) is 0 Å². The number of aromatic nitrogens is 3. The maximum atomic E-state index is 12.6. The molecule has 0 aliphatic carbocycles. The van der Waals surface area contributed by atoms with Crippen LogP contribution in [0.3, 0.4) is 0 Å². The fourth-order valence-corrected chi connectivity index (χ4v) is 3.04. The van der Waals surface area contributed by atoms with Crippen LogP contribution in [-0.2, 0) is 24.3 Å². The third-order valence-corrected chi connectivity index (χ3v) is 4.35. The number of hydrogen-bond donors (Lipinski definition) is 0. The molecule has 120 valence electrons. The molecule has 3 aromatic rings. The van der Waals surface area contributed by atoms with Crippen molar-refractivity contribution in [1.82, 2.24) is 19.4 Å². The fraction of sp³-hybridized carbons (Fsp3) is 0.222. The Morgan fingerprint density at radius 1 is 1.12 bits per heavy atom. The average Bonchev–Trinajstić information content (AvgIpc) is 2.64. The maximum Gasteiger partial charge on any atom is 0.261 e. The van der Waals surface area contributed by atoms with Crippen LogP contribution in [0.15, 0.2) is 53.7 Å². The number of pyridine rings is 1. The van der Waals surface area contributed by atoms with E-state index in [0.717, 1.165) is 17.7 Å². The molecule has 0 spiro atoms. The first-order chi connectivity index (χ1) is 11.7. The molecule has 4 rings (SSSR count). The molecule has 0 atom stereocenters. The molecule has 24 heavy (non-hydrogen) atoms. The molecule has 3 heterocycles. The summed E-state index contributed by atoms with van der Waals surface area (Å²) in [7, 11) is 0. The lowest BCUT2D eigenvalue weighted by Crippen LogP contribution is -2.40. The second-order valence-electron chi connectivity index (χ2n) is 5.87. The summed E-state index contributed by atoms with van der Waals surface area (Å²) in [5.74, 6) is -0.0799. The zero-order valence-electron chi connectivity index (χ0n) is 13.1. The highest BCUT2D eigenvalue weighted by atomic mass is 16.2. The molecule has 0 saturated carbocycles. The summed E-state index contributed by atoms with van der Waals surface area (Å²) in [6, 6.07) is 11.0. The molecule has 0 saturated heterocycles. The Hall–Kier alpha value is -3.02. The third kappa shape index (κ3) is 2.56. The van der Waals surface area contributed by atoms with E-state index < -0.39 is 0 Å². The van der Waals surface area contributed by atoms with Gasteiger partial charge < -0.3 is 4.90 Å². The van der Waals surface area contributed by atoms with E-state index in [1.165, 1.54) is 10.9 Å². The predicted octanol–water partition coefficient (Wildman–Crippen LogP) is 1.38. The van der Waals surface area contributed by atoms with Crippen molar-refractivity contribution in [3.63, 3.8) is 0 Å². The van der Waals surface area contributed by atoms with E-state index in [-0.39, 0.29) is 18.0 Å². The van der Waals surface area contributed by atoms with Crippen LogP contribution in [-0.4, -0.2) is 31.9 Å². The van der Waals surface area contributed by atoms with Crippen molar-refractivity contribution in [2.45, 2.75) is 19.5 Å². The van der Waals surface area contributed by atoms with Crippen molar-refractivity contribution in [3.8, 4) is 0 Å². The van der Waals surface area contributed by atoms with E-state index in [4.69, 9.17) is 0 Å². The minimum absolute atomic E-state index is 0.00621. The Morgan fingerprint density at radius 2 is 2.00 bits per heavy atom. The number of rotatable bonds is 2. The van der Waals surface area contributed by atoms with Gasteiger partial charge in [-0.2, -0.15) is 0 Å². The minimum Gasteiger partial charge on any atom is -0.336 e. The molecule has 1 aromatic carbocycles. The van der Waals surface area contributed by atoms with E-state index >= 15 is 0 Å². The molecule has 6 heteroatoms. The first kappa shape index (κ1) is 14.6. The molecule has 2 aromatic heterocycles. The first-order valence-electron chi connectivity index (χ1n) is 7.87. The Labute approximate surface area is 138 Å². The van der Waals surface area contributed by atoms with E-state index in [0.29, 0.717) is 24.0 Å². The van der Waals surface area contributed by atoms with Crippen LogP contribution in [0.4, 0.5) is 0 Å². The highest BCUT2D eigenvalue weighted by Crippen LogP contribution is 2.16. The van der Waals surface area contributed by atoms with Gasteiger partial charge in [-0.15, -0.1) is 0 Å². The van der Waals surface area contributed by atoms with Gasteiger partial charge in [0.1, 0.15) is 6.54 Å². The predicted molar refractivity (Wildman–Crippen MR) is 89.4 cm³/mol. The van der Waals surface area contributed by atoms with Crippen molar-refractivity contribution in [1.29, 1.82) is 0 Å². The molecule has 0 N–H and O–H groups in total. The smallest absolute Gasteiger partial charge is 0.261 e. The van der Waals surface area contributed by atoms with Crippen molar-refractivity contribution in [3.05, 3.63) is 70.5 Å². The maximum absolute atomic E-state index is 12.6. The average molecular weight is 320 g/mol.